The number of carbonyl (C=O) groups excluding carboxylic acids is 1. The van der Waals surface area contributed by atoms with Gasteiger partial charge in [-0.05, 0) is 12.1 Å². The van der Waals surface area contributed by atoms with Crippen LogP contribution in [0, 0.1) is 0 Å². The second-order valence-electron chi connectivity index (χ2n) is 5.77. The lowest BCUT2D eigenvalue weighted by atomic mass is 10.2. The molecule has 1 atom stereocenters. The second-order valence-corrected chi connectivity index (χ2v) is 5.77. The molecule has 2 aromatic rings. The molecule has 26 heavy (non-hydrogen) atoms. The molecule has 3 heterocycles. The van der Waals surface area contributed by atoms with Gasteiger partial charge in [-0.2, -0.15) is 0 Å². The van der Waals surface area contributed by atoms with E-state index < -0.39 is 5.91 Å². The number of hydrogen-bond acceptors (Lipinski definition) is 7. The van der Waals surface area contributed by atoms with Crippen LogP contribution in [0.3, 0.4) is 0 Å². The summed E-state index contributed by atoms with van der Waals surface area (Å²) in [6.45, 7) is 1.77. The zero-order chi connectivity index (χ0) is 17.8. The molecule has 4 rings (SSSR count). The van der Waals surface area contributed by atoms with E-state index in [-0.39, 0.29) is 18.5 Å². The molecular formula is C18H17N3O5. The van der Waals surface area contributed by atoms with Crippen LogP contribution in [-0.2, 0) is 0 Å². The third kappa shape index (κ3) is 3.69. The van der Waals surface area contributed by atoms with Crippen molar-refractivity contribution in [1.82, 2.24) is 10.3 Å². The molecule has 0 unspecified atom stereocenters. The Kier molecular flexibility index (Phi) is 4.55. The summed E-state index contributed by atoms with van der Waals surface area (Å²) in [6.07, 6.45) is 6.28. The van der Waals surface area contributed by atoms with E-state index in [1.165, 1.54) is 12.5 Å². The van der Waals surface area contributed by atoms with Crippen LogP contribution in [0.4, 0.5) is 0 Å². The minimum absolute atomic E-state index is 0.0163. The molecule has 2 aliphatic heterocycles. The highest BCUT2D eigenvalue weighted by molar-refractivity contribution is 5.89. The molecule has 1 aromatic heterocycles. The fraction of sp³-hybridized carbons (Fsp3) is 0.278. The molecule has 0 bridgehead atoms. The lowest BCUT2D eigenvalue weighted by Crippen LogP contribution is -2.40. The van der Waals surface area contributed by atoms with Gasteiger partial charge in [-0.3, -0.25) is 9.79 Å². The number of rotatable bonds is 6. The number of hydrogen-bond donors (Lipinski definition) is 1. The summed E-state index contributed by atoms with van der Waals surface area (Å²) in [4.78, 5) is 19.8. The van der Waals surface area contributed by atoms with Crippen molar-refractivity contribution in [2.45, 2.75) is 6.10 Å². The number of aliphatic imine (C=N–C) groups is 1. The third-order valence-corrected chi connectivity index (χ3v) is 3.87. The summed E-state index contributed by atoms with van der Waals surface area (Å²) in [7, 11) is 0. The molecule has 1 N–H and O–H groups in total. The fourth-order valence-corrected chi connectivity index (χ4v) is 2.56. The highest BCUT2D eigenvalue weighted by atomic mass is 16.6. The van der Waals surface area contributed by atoms with Crippen molar-refractivity contribution in [3.8, 4) is 17.2 Å². The lowest BCUT2D eigenvalue weighted by molar-refractivity contribution is 0.0766. The van der Waals surface area contributed by atoms with Gasteiger partial charge in [0, 0.05) is 17.9 Å². The zero-order valence-electron chi connectivity index (χ0n) is 13.9. The normalized spacial score (nSPS) is 17.7. The standard InChI is InChI=1S/C18H17N3O5/c22-17(18-20-5-6-23-18)21-9-14-11-25-15-2-1-13(7-16(15)26-14)24-10-12-3-4-19-8-12/h1-3,5-8,14H,4,9-11H2,(H,21,22)/t14-/m1/s1. The Morgan fingerprint density at radius 1 is 1.35 bits per heavy atom. The van der Waals surface area contributed by atoms with E-state index >= 15 is 0 Å². The first-order valence-corrected chi connectivity index (χ1v) is 8.21. The van der Waals surface area contributed by atoms with Crippen LogP contribution in [0.15, 0.2) is 51.7 Å². The Bertz CT molecular complexity index is 845. The third-order valence-electron chi connectivity index (χ3n) is 3.87. The lowest BCUT2D eigenvalue weighted by Gasteiger charge is -2.26. The molecule has 0 saturated heterocycles. The minimum atomic E-state index is -0.395. The van der Waals surface area contributed by atoms with Crippen molar-refractivity contribution in [2.24, 2.45) is 4.99 Å². The Morgan fingerprint density at radius 3 is 3.12 bits per heavy atom. The van der Waals surface area contributed by atoms with Gasteiger partial charge in [0.25, 0.3) is 5.89 Å². The average molecular weight is 355 g/mol. The zero-order valence-corrected chi connectivity index (χ0v) is 13.9. The molecule has 8 nitrogen and oxygen atoms in total. The Hall–Kier alpha value is -3.29. The summed E-state index contributed by atoms with van der Waals surface area (Å²) < 4.78 is 22.3. The van der Waals surface area contributed by atoms with Gasteiger partial charge in [-0.25, -0.2) is 4.98 Å². The molecule has 0 fully saturated rings. The number of oxazole rings is 1. The van der Waals surface area contributed by atoms with E-state index in [1.807, 2.05) is 24.4 Å². The molecule has 1 aromatic carbocycles. The summed E-state index contributed by atoms with van der Waals surface area (Å²) in [5, 5.41) is 2.71. The summed E-state index contributed by atoms with van der Waals surface area (Å²) in [6, 6.07) is 5.42. The van der Waals surface area contributed by atoms with Crippen molar-refractivity contribution in [3.63, 3.8) is 0 Å². The molecule has 0 radical (unpaired) electrons. The smallest absolute Gasteiger partial charge is 0.307 e. The highest BCUT2D eigenvalue weighted by Crippen LogP contribution is 2.35. The van der Waals surface area contributed by atoms with Gasteiger partial charge in [-0.1, -0.05) is 6.08 Å². The van der Waals surface area contributed by atoms with Crippen LogP contribution in [0.2, 0.25) is 0 Å². The van der Waals surface area contributed by atoms with Crippen LogP contribution < -0.4 is 19.5 Å². The van der Waals surface area contributed by atoms with E-state index in [2.05, 4.69) is 15.3 Å². The van der Waals surface area contributed by atoms with Crippen molar-refractivity contribution < 1.29 is 23.4 Å². The molecule has 1 amide bonds. The van der Waals surface area contributed by atoms with Crippen molar-refractivity contribution in [1.29, 1.82) is 0 Å². The summed E-state index contributed by atoms with van der Waals surface area (Å²) >= 11 is 0. The van der Waals surface area contributed by atoms with E-state index in [0.717, 1.165) is 5.57 Å². The number of carbonyl (C=O) groups is 1. The average Bonchev–Trinajstić information content (AvgIpc) is 3.38. The SMILES string of the molecule is O=C(NC[C@@H]1COc2ccc(OCC3=CCN=C3)cc2O1)c1ncco1. The van der Waals surface area contributed by atoms with Crippen LogP contribution in [0.1, 0.15) is 10.7 Å². The van der Waals surface area contributed by atoms with E-state index in [1.54, 1.807) is 6.07 Å². The Labute approximate surface area is 149 Å². The number of nitrogens with zero attached hydrogens (tertiary/aromatic N) is 2. The van der Waals surface area contributed by atoms with E-state index in [0.29, 0.717) is 37.0 Å². The molecule has 134 valence electrons. The number of ether oxygens (including phenoxy) is 3. The predicted octanol–water partition coefficient (Wildman–Crippen LogP) is 1.63. The van der Waals surface area contributed by atoms with Gasteiger partial charge >= 0.3 is 5.91 Å². The van der Waals surface area contributed by atoms with E-state index in [4.69, 9.17) is 18.6 Å². The fourth-order valence-electron chi connectivity index (χ4n) is 2.56. The molecular weight excluding hydrogens is 338 g/mol. The molecule has 8 heteroatoms. The van der Waals surface area contributed by atoms with Gasteiger partial charge < -0.3 is 23.9 Å². The number of fused-ring (bicyclic) bond motifs is 1. The largest absolute Gasteiger partial charge is 0.489 e. The number of benzene rings is 1. The molecule has 0 aliphatic carbocycles. The van der Waals surface area contributed by atoms with Crippen LogP contribution in [0.5, 0.6) is 17.2 Å². The van der Waals surface area contributed by atoms with Gasteiger partial charge in [0.2, 0.25) is 0 Å². The minimum Gasteiger partial charge on any atom is -0.489 e. The van der Waals surface area contributed by atoms with Crippen molar-refractivity contribution >= 4 is 12.1 Å². The first-order valence-electron chi connectivity index (χ1n) is 8.21. The van der Waals surface area contributed by atoms with Crippen LogP contribution in [-0.4, -0.2) is 49.5 Å². The van der Waals surface area contributed by atoms with E-state index in [9.17, 15) is 4.79 Å². The van der Waals surface area contributed by atoms with Gasteiger partial charge in [0.1, 0.15) is 31.3 Å². The van der Waals surface area contributed by atoms with Gasteiger partial charge in [0.15, 0.2) is 11.5 Å². The Morgan fingerprint density at radius 2 is 2.31 bits per heavy atom. The maximum absolute atomic E-state index is 11.9. The predicted molar refractivity (Wildman–Crippen MR) is 92.1 cm³/mol. The topological polar surface area (TPSA) is 95.2 Å². The first-order chi connectivity index (χ1) is 12.8. The highest BCUT2D eigenvalue weighted by Gasteiger charge is 2.23. The number of aromatic nitrogens is 1. The first kappa shape index (κ1) is 16.2. The van der Waals surface area contributed by atoms with Crippen LogP contribution >= 0.6 is 0 Å². The molecule has 0 spiro atoms. The maximum Gasteiger partial charge on any atom is 0.307 e. The monoisotopic (exact) mass is 355 g/mol. The second kappa shape index (κ2) is 7.30. The van der Waals surface area contributed by atoms with Crippen molar-refractivity contribution in [3.05, 3.63) is 48.2 Å². The molecule has 2 aliphatic rings. The summed E-state index contributed by atoms with van der Waals surface area (Å²) in [5.74, 6) is 1.53. The van der Waals surface area contributed by atoms with Crippen LogP contribution in [0.25, 0.3) is 0 Å². The molecule has 0 saturated carbocycles. The number of nitrogens with one attached hydrogen (secondary N) is 1. The quantitative estimate of drug-likeness (QED) is 0.846. The maximum atomic E-state index is 11.9. The van der Waals surface area contributed by atoms with Crippen molar-refractivity contribution in [2.75, 3.05) is 26.3 Å². The van der Waals surface area contributed by atoms with Gasteiger partial charge in [-0.15, -0.1) is 0 Å². The Balaban J connectivity index is 1.33. The van der Waals surface area contributed by atoms with Gasteiger partial charge in [0.05, 0.1) is 19.3 Å². The summed E-state index contributed by atoms with van der Waals surface area (Å²) in [5.41, 5.74) is 1.05. The number of amides is 1.